The van der Waals surface area contributed by atoms with E-state index in [0.717, 1.165) is 31.1 Å². The lowest BCUT2D eigenvalue weighted by Crippen LogP contribution is -2.38. The molecule has 0 rings (SSSR count). The summed E-state index contributed by atoms with van der Waals surface area (Å²) in [6.45, 7) is 5.25. The Kier molecular flexibility index (Phi) is 12.2. The van der Waals surface area contributed by atoms with Crippen LogP contribution >= 0.6 is 39.6 Å². The van der Waals surface area contributed by atoms with Crippen molar-refractivity contribution < 1.29 is 4.79 Å². The van der Waals surface area contributed by atoms with E-state index in [1.807, 2.05) is 0 Å². The number of hydrogen-bond donors (Lipinski definition) is 1. The Balaban J connectivity index is 3.60. The standard InChI is InChI=1S/C8H20N2OP2S2/c1-2-10(4-6-15-13)7-8(11)9-3-5-14-12/h2-7,12-13H2,1H3,(H,9,11). The topological polar surface area (TPSA) is 32.3 Å². The molecule has 0 bridgehead atoms. The van der Waals surface area contributed by atoms with Crippen molar-refractivity contribution >= 4 is 45.6 Å². The molecule has 90 valence electrons. The Morgan fingerprint density at radius 1 is 1.33 bits per heavy atom. The summed E-state index contributed by atoms with van der Waals surface area (Å²) in [5.74, 6) is 2.13. The quantitative estimate of drug-likeness (QED) is 0.514. The molecule has 0 heterocycles. The maximum atomic E-state index is 11.5. The maximum Gasteiger partial charge on any atom is 0.234 e. The summed E-state index contributed by atoms with van der Waals surface area (Å²) in [5, 5.41) is 2.90. The minimum atomic E-state index is 0.129. The van der Waals surface area contributed by atoms with Gasteiger partial charge in [0.05, 0.1) is 6.54 Å². The predicted molar refractivity (Wildman–Crippen MR) is 79.5 cm³/mol. The van der Waals surface area contributed by atoms with Crippen LogP contribution in [-0.4, -0.2) is 48.5 Å². The lowest BCUT2D eigenvalue weighted by Gasteiger charge is -2.18. The second kappa shape index (κ2) is 11.5. The fraction of sp³-hybridized carbons (Fsp3) is 0.875. The Morgan fingerprint density at radius 3 is 2.53 bits per heavy atom. The first kappa shape index (κ1) is 16.0. The van der Waals surface area contributed by atoms with Crippen molar-refractivity contribution in [1.82, 2.24) is 10.2 Å². The van der Waals surface area contributed by atoms with Gasteiger partial charge < -0.3 is 5.32 Å². The van der Waals surface area contributed by atoms with E-state index in [9.17, 15) is 4.79 Å². The van der Waals surface area contributed by atoms with Gasteiger partial charge in [0.25, 0.3) is 0 Å². The predicted octanol–water partition coefficient (Wildman–Crippen LogP) is 1.47. The number of likely N-dealkylation sites (N-methyl/N-ethyl adjacent to an activating group) is 1. The first-order chi connectivity index (χ1) is 7.24. The Hall–Kier alpha value is 0.990. The minimum Gasteiger partial charge on any atom is -0.354 e. The molecule has 1 amide bonds. The van der Waals surface area contributed by atoms with E-state index in [4.69, 9.17) is 0 Å². The van der Waals surface area contributed by atoms with E-state index in [1.54, 1.807) is 22.8 Å². The van der Waals surface area contributed by atoms with Gasteiger partial charge in [0.15, 0.2) is 0 Å². The molecule has 0 aromatic rings. The van der Waals surface area contributed by atoms with Gasteiger partial charge in [-0.05, 0) is 6.54 Å². The van der Waals surface area contributed by atoms with Gasteiger partial charge in [-0.25, -0.2) is 0 Å². The molecule has 0 fully saturated rings. The number of carbonyl (C=O) groups excluding carboxylic acids is 1. The molecule has 7 heteroatoms. The van der Waals surface area contributed by atoms with Crippen LogP contribution in [0.15, 0.2) is 0 Å². The van der Waals surface area contributed by atoms with Crippen molar-refractivity contribution in [3.05, 3.63) is 0 Å². The highest BCUT2D eigenvalue weighted by Crippen LogP contribution is 2.09. The van der Waals surface area contributed by atoms with Crippen molar-refractivity contribution in [3.8, 4) is 0 Å². The van der Waals surface area contributed by atoms with Gasteiger partial charge in [0.1, 0.15) is 0 Å². The first-order valence-corrected chi connectivity index (χ1v) is 9.79. The fourth-order valence-electron chi connectivity index (χ4n) is 1.04. The number of rotatable bonds is 9. The molecule has 0 saturated heterocycles. The van der Waals surface area contributed by atoms with Gasteiger partial charge in [-0.15, -0.1) is 22.8 Å². The summed E-state index contributed by atoms with van der Waals surface area (Å²) in [4.78, 5) is 13.6. The van der Waals surface area contributed by atoms with Crippen molar-refractivity contribution in [1.29, 1.82) is 0 Å². The lowest BCUT2D eigenvalue weighted by molar-refractivity contribution is -0.122. The second-order valence-electron chi connectivity index (χ2n) is 2.96. The maximum absolute atomic E-state index is 11.5. The van der Waals surface area contributed by atoms with Gasteiger partial charge in [-0.1, -0.05) is 23.8 Å². The SMILES string of the molecule is CCN(CCSP)CC(=O)NCCSP. The molecular weight excluding hydrogens is 266 g/mol. The molecule has 0 aliphatic rings. The average molecular weight is 286 g/mol. The molecule has 0 aliphatic carbocycles. The molecular formula is C8H20N2OP2S2. The van der Waals surface area contributed by atoms with Gasteiger partial charge >= 0.3 is 0 Å². The molecule has 3 nitrogen and oxygen atoms in total. The monoisotopic (exact) mass is 286 g/mol. The molecule has 1 N–H and O–H groups in total. The van der Waals surface area contributed by atoms with Crippen LogP contribution in [-0.2, 0) is 4.79 Å². The number of hydrogen-bond acceptors (Lipinski definition) is 4. The van der Waals surface area contributed by atoms with Crippen molar-refractivity contribution in [3.63, 3.8) is 0 Å². The third-order valence-corrected chi connectivity index (χ3v) is 4.15. The third-order valence-electron chi connectivity index (χ3n) is 1.88. The van der Waals surface area contributed by atoms with E-state index >= 15 is 0 Å². The smallest absolute Gasteiger partial charge is 0.234 e. The number of amides is 1. The van der Waals surface area contributed by atoms with E-state index in [-0.39, 0.29) is 5.91 Å². The zero-order chi connectivity index (χ0) is 11.5. The van der Waals surface area contributed by atoms with Crippen LogP contribution in [0.4, 0.5) is 0 Å². The van der Waals surface area contributed by atoms with E-state index in [1.165, 1.54) is 0 Å². The second-order valence-corrected chi connectivity index (χ2v) is 6.44. The van der Waals surface area contributed by atoms with Crippen LogP contribution in [0.1, 0.15) is 6.92 Å². The van der Waals surface area contributed by atoms with Crippen LogP contribution < -0.4 is 5.32 Å². The molecule has 15 heavy (non-hydrogen) atoms. The van der Waals surface area contributed by atoms with E-state index in [0.29, 0.717) is 6.54 Å². The number of nitrogens with zero attached hydrogens (tertiary/aromatic N) is 1. The average Bonchev–Trinajstić information content (AvgIpc) is 2.24. The minimum absolute atomic E-state index is 0.129. The molecule has 0 radical (unpaired) electrons. The van der Waals surface area contributed by atoms with Crippen LogP contribution in [0.2, 0.25) is 0 Å². The molecule has 0 aliphatic heterocycles. The largest absolute Gasteiger partial charge is 0.354 e. The summed E-state index contributed by atoms with van der Waals surface area (Å²) >= 11 is 3.40. The molecule has 2 unspecified atom stereocenters. The van der Waals surface area contributed by atoms with Gasteiger partial charge in [0, 0.05) is 24.6 Å². The van der Waals surface area contributed by atoms with Gasteiger partial charge in [-0.2, -0.15) is 0 Å². The highest BCUT2D eigenvalue weighted by molar-refractivity contribution is 8.44. The summed E-state index contributed by atoms with van der Waals surface area (Å²) in [7, 11) is 5.21. The Bertz CT molecular complexity index is 175. The van der Waals surface area contributed by atoms with Crippen molar-refractivity contribution in [2.45, 2.75) is 6.92 Å². The van der Waals surface area contributed by atoms with Crippen LogP contribution in [0.25, 0.3) is 0 Å². The lowest BCUT2D eigenvalue weighted by atomic mass is 10.4. The molecule has 0 aromatic heterocycles. The molecule has 0 aromatic carbocycles. The van der Waals surface area contributed by atoms with Gasteiger partial charge in [-0.3, -0.25) is 9.69 Å². The number of carbonyl (C=O) groups is 1. The van der Waals surface area contributed by atoms with Crippen LogP contribution in [0, 0.1) is 0 Å². The summed E-state index contributed by atoms with van der Waals surface area (Å²) in [6, 6.07) is 0. The highest BCUT2D eigenvalue weighted by Gasteiger charge is 2.07. The summed E-state index contributed by atoms with van der Waals surface area (Å²) in [5.41, 5.74) is 0. The third kappa shape index (κ3) is 9.89. The first-order valence-electron chi connectivity index (χ1n) is 4.87. The number of nitrogens with one attached hydrogen (secondary N) is 1. The highest BCUT2D eigenvalue weighted by atomic mass is 32.7. The van der Waals surface area contributed by atoms with E-state index < -0.39 is 0 Å². The molecule has 0 saturated carbocycles. The van der Waals surface area contributed by atoms with Crippen molar-refractivity contribution in [2.24, 2.45) is 0 Å². The summed E-state index contributed by atoms with van der Waals surface area (Å²) < 4.78 is 0. The van der Waals surface area contributed by atoms with Crippen molar-refractivity contribution in [2.75, 3.05) is 37.7 Å². The van der Waals surface area contributed by atoms with Crippen LogP contribution in [0.5, 0.6) is 0 Å². The molecule has 0 spiro atoms. The Morgan fingerprint density at radius 2 is 2.00 bits per heavy atom. The molecule has 2 atom stereocenters. The van der Waals surface area contributed by atoms with Crippen LogP contribution in [0.3, 0.4) is 0 Å². The zero-order valence-corrected chi connectivity index (χ0v) is 13.0. The Labute approximate surface area is 105 Å². The van der Waals surface area contributed by atoms with E-state index in [2.05, 4.69) is 34.0 Å². The summed E-state index contributed by atoms with van der Waals surface area (Å²) in [6.07, 6.45) is 0. The normalized spacial score (nSPS) is 10.7. The van der Waals surface area contributed by atoms with Gasteiger partial charge in [0.2, 0.25) is 5.91 Å². The fourth-order valence-corrected chi connectivity index (χ4v) is 2.29. The zero-order valence-electron chi connectivity index (χ0n) is 9.07.